The Labute approximate surface area is 355 Å². The Hall–Kier alpha value is -8.48. The van der Waals surface area contributed by atoms with Gasteiger partial charge in [0, 0.05) is 54.8 Å². The molecule has 6 heteroatoms. The Bertz CT molecular complexity index is 3810. The standard InChI is InChI=1S/C56H35N5O/c1-3-16-36(17-4-1)55-57-58-56(37-18-5-2-6-19-37)61(55)49-30-15-27-43-42-24-7-10-28-46(42)60(54(43)49)41-23-14-21-39(35-41)38-20-13-22-40(34-38)59-47-29-11-8-25-44(47)52-48(59)32-33-51-53(52)45-26-9-12-31-50(45)62-51/h1-35H. The molecule has 0 bridgehead atoms. The van der Waals surface area contributed by atoms with Gasteiger partial charge in [0.25, 0.3) is 0 Å². The Morgan fingerprint density at radius 2 is 0.855 bits per heavy atom. The second kappa shape index (κ2) is 13.5. The molecule has 0 saturated heterocycles. The van der Waals surface area contributed by atoms with E-state index in [0.29, 0.717) is 0 Å². The van der Waals surface area contributed by atoms with Crippen molar-refractivity contribution in [1.29, 1.82) is 0 Å². The molecule has 6 nitrogen and oxygen atoms in total. The highest BCUT2D eigenvalue weighted by Crippen LogP contribution is 2.43. The Morgan fingerprint density at radius 1 is 0.323 bits per heavy atom. The van der Waals surface area contributed by atoms with E-state index in [9.17, 15) is 0 Å². The molecular formula is C56H35N5O. The Balaban J connectivity index is 1.02. The first kappa shape index (κ1) is 34.4. The highest BCUT2D eigenvalue weighted by Gasteiger charge is 2.24. The largest absolute Gasteiger partial charge is 0.456 e. The maximum absolute atomic E-state index is 6.36. The van der Waals surface area contributed by atoms with E-state index in [1.807, 2.05) is 18.2 Å². The van der Waals surface area contributed by atoms with Crippen LogP contribution in [0.2, 0.25) is 0 Å². The van der Waals surface area contributed by atoms with Crippen LogP contribution in [0.15, 0.2) is 217 Å². The first-order chi connectivity index (χ1) is 30.8. The molecule has 0 aliphatic carbocycles. The molecule has 0 N–H and O–H groups in total. The number of benzene rings is 9. The smallest absolute Gasteiger partial charge is 0.168 e. The van der Waals surface area contributed by atoms with Crippen molar-refractivity contribution in [2.45, 2.75) is 0 Å². The van der Waals surface area contributed by atoms with Crippen molar-refractivity contribution in [3.8, 4) is 51.0 Å². The molecule has 0 unspecified atom stereocenters. The number of aromatic nitrogens is 5. The van der Waals surface area contributed by atoms with Crippen LogP contribution in [0.25, 0.3) is 117 Å². The van der Waals surface area contributed by atoms with Crippen LogP contribution in [-0.4, -0.2) is 23.9 Å². The lowest BCUT2D eigenvalue weighted by Gasteiger charge is -2.16. The number of nitrogens with zero attached hydrogens (tertiary/aromatic N) is 5. The minimum Gasteiger partial charge on any atom is -0.456 e. The number of rotatable bonds is 6. The lowest BCUT2D eigenvalue weighted by molar-refractivity contribution is 0.669. The van der Waals surface area contributed by atoms with Gasteiger partial charge in [0.15, 0.2) is 11.6 Å². The van der Waals surface area contributed by atoms with Crippen molar-refractivity contribution in [3.05, 3.63) is 212 Å². The quantitative estimate of drug-likeness (QED) is 0.168. The maximum Gasteiger partial charge on any atom is 0.168 e. The minimum atomic E-state index is 0.783. The summed E-state index contributed by atoms with van der Waals surface area (Å²) in [6, 6.07) is 75.1. The SMILES string of the molecule is c1ccc(-c2nnc(-c3ccccc3)n2-c2cccc3c4ccccc4n(-c4cccc(-c5cccc(-n6c7ccccc7c7c8c(ccc76)oc6ccccc68)c5)c4)c23)cc1. The van der Waals surface area contributed by atoms with Crippen molar-refractivity contribution in [2.24, 2.45) is 0 Å². The molecule has 9 aromatic carbocycles. The molecule has 13 aromatic rings. The average molecular weight is 794 g/mol. The molecule has 62 heavy (non-hydrogen) atoms. The van der Waals surface area contributed by atoms with Gasteiger partial charge in [-0.15, -0.1) is 10.2 Å². The van der Waals surface area contributed by atoms with Crippen LogP contribution in [0.5, 0.6) is 0 Å². The third-order valence-corrected chi connectivity index (χ3v) is 12.4. The molecule has 0 aliphatic heterocycles. The molecule has 0 aliphatic rings. The van der Waals surface area contributed by atoms with Crippen LogP contribution < -0.4 is 0 Å². The minimum absolute atomic E-state index is 0.783. The lowest BCUT2D eigenvalue weighted by Crippen LogP contribution is -2.04. The van der Waals surface area contributed by atoms with E-state index >= 15 is 0 Å². The van der Waals surface area contributed by atoms with Crippen molar-refractivity contribution in [1.82, 2.24) is 23.9 Å². The lowest BCUT2D eigenvalue weighted by atomic mass is 10.0. The van der Waals surface area contributed by atoms with E-state index in [1.165, 1.54) is 16.2 Å². The monoisotopic (exact) mass is 793 g/mol. The topological polar surface area (TPSA) is 53.7 Å². The molecule has 290 valence electrons. The number of furan rings is 1. The summed E-state index contributed by atoms with van der Waals surface area (Å²) in [4.78, 5) is 0. The average Bonchev–Trinajstić information content (AvgIpc) is 4.12. The second-order valence-electron chi connectivity index (χ2n) is 15.8. The van der Waals surface area contributed by atoms with Crippen LogP contribution in [-0.2, 0) is 0 Å². The van der Waals surface area contributed by atoms with Gasteiger partial charge in [0.2, 0.25) is 0 Å². The Morgan fingerprint density at radius 3 is 1.55 bits per heavy atom. The number of hydrogen-bond acceptors (Lipinski definition) is 3. The van der Waals surface area contributed by atoms with E-state index in [0.717, 1.165) is 100 Å². The van der Waals surface area contributed by atoms with Gasteiger partial charge in [-0.25, -0.2) is 0 Å². The maximum atomic E-state index is 6.36. The van der Waals surface area contributed by atoms with Crippen molar-refractivity contribution in [2.75, 3.05) is 0 Å². The molecule has 0 spiro atoms. The molecule has 0 fully saturated rings. The van der Waals surface area contributed by atoms with Gasteiger partial charge in [0.1, 0.15) is 11.2 Å². The summed E-state index contributed by atoms with van der Waals surface area (Å²) in [6.45, 7) is 0. The molecule has 0 atom stereocenters. The summed E-state index contributed by atoms with van der Waals surface area (Å²) >= 11 is 0. The summed E-state index contributed by atoms with van der Waals surface area (Å²) in [5.41, 5.74) is 13.7. The summed E-state index contributed by atoms with van der Waals surface area (Å²) in [6.07, 6.45) is 0. The first-order valence-corrected chi connectivity index (χ1v) is 20.9. The fourth-order valence-corrected chi connectivity index (χ4v) is 9.71. The summed E-state index contributed by atoms with van der Waals surface area (Å²) < 4.78 is 13.4. The molecule has 4 heterocycles. The zero-order valence-electron chi connectivity index (χ0n) is 33.4. The number of fused-ring (bicyclic) bond motifs is 10. The third kappa shape index (κ3) is 5.10. The zero-order chi connectivity index (χ0) is 40.7. The number of para-hydroxylation sites is 4. The summed E-state index contributed by atoms with van der Waals surface area (Å²) in [5, 5.41) is 16.7. The van der Waals surface area contributed by atoms with E-state index in [1.54, 1.807) is 0 Å². The zero-order valence-corrected chi connectivity index (χ0v) is 33.4. The normalized spacial score (nSPS) is 11.9. The van der Waals surface area contributed by atoms with Gasteiger partial charge in [-0.05, 0) is 71.8 Å². The van der Waals surface area contributed by atoms with E-state index in [2.05, 4.69) is 208 Å². The van der Waals surface area contributed by atoms with E-state index < -0.39 is 0 Å². The first-order valence-electron chi connectivity index (χ1n) is 20.9. The molecule has 0 radical (unpaired) electrons. The van der Waals surface area contributed by atoms with Gasteiger partial charge >= 0.3 is 0 Å². The van der Waals surface area contributed by atoms with E-state index in [4.69, 9.17) is 14.6 Å². The van der Waals surface area contributed by atoms with Crippen molar-refractivity contribution < 1.29 is 4.42 Å². The fourth-order valence-electron chi connectivity index (χ4n) is 9.71. The number of hydrogen-bond donors (Lipinski definition) is 0. The molecular weight excluding hydrogens is 759 g/mol. The van der Waals surface area contributed by atoms with Crippen LogP contribution in [0, 0.1) is 0 Å². The van der Waals surface area contributed by atoms with E-state index in [-0.39, 0.29) is 0 Å². The molecule has 13 rings (SSSR count). The van der Waals surface area contributed by atoms with Crippen LogP contribution >= 0.6 is 0 Å². The predicted octanol–water partition coefficient (Wildman–Crippen LogP) is 14.4. The molecule has 0 saturated carbocycles. The summed E-state index contributed by atoms with van der Waals surface area (Å²) in [5.74, 6) is 1.57. The van der Waals surface area contributed by atoms with Gasteiger partial charge in [0.05, 0.1) is 27.8 Å². The van der Waals surface area contributed by atoms with Gasteiger partial charge < -0.3 is 13.6 Å². The predicted molar refractivity (Wildman–Crippen MR) is 254 cm³/mol. The fraction of sp³-hybridized carbons (Fsp3) is 0. The molecule has 4 aromatic heterocycles. The highest BCUT2D eigenvalue weighted by molar-refractivity contribution is 6.27. The van der Waals surface area contributed by atoms with Crippen LogP contribution in [0.3, 0.4) is 0 Å². The van der Waals surface area contributed by atoms with Crippen molar-refractivity contribution in [3.63, 3.8) is 0 Å². The third-order valence-electron chi connectivity index (χ3n) is 12.4. The summed E-state index contributed by atoms with van der Waals surface area (Å²) in [7, 11) is 0. The van der Waals surface area contributed by atoms with Crippen LogP contribution in [0.1, 0.15) is 0 Å². The van der Waals surface area contributed by atoms with Crippen molar-refractivity contribution >= 4 is 65.6 Å². The van der Waals surface area contributed by atoms with Gasteiger partial charge in [-0.1, -0.05) is 152 Å². The molecule has 0 amide bonds. The van der Waals surface area contributed by atoms with Gasteiger partial charge in [-0.3, -0.25) is 4.57 Å². The second-order valence-corrected chi connectivity index (χ2v) is 15.8. The van der Waals surface area contributed by atoms with Crippen LogP contribution in [0.4, 0.5) is 0 Å². The highest BCUT2D eigenvalue weighted by atomic mass is 16.3. The van der Waals surface area contributed by atoms with Gasteiger partial charge in [-0.2, -0.15) is 0 Å². The Kier molecular flexibility index (Phi) is 7.50.